The second-order valence-electron chi connectivity index (χ2n) is 7.17. The van der Waals surface area contributed by atoms with Crippen molar-refractivity contribution in [2.24, 2.45) is 7.05 Å². The largest absolute Gasteiger partial charge is 0.388 e. The molecule has 27 heavy (non-hydrogen) atoms. The van der Waals surface area contributed by atoms with E-state index in [2.05, 4.69) is 10.1 Å². The molecular weight excluding hydrogens is 350 g/mol. The average Bonchev–Trinajstić information content (AvgIpc) is 3.01. The first-order valence-electron chi connectivity index (χ1n) is 8.67. The number of aromatic amines is 1. The molecule has 0 bridgehead atoms. The maximum Gasteiger partial charge on any atom is 0.328 e. The van der Waals surface area contributed by atoms with Crippen molar-refractivity contribution in [1.82, 2.24) is 24.2 Å². The summed E-state index contributed by atoms with van der Waals surface area (Å²) in [6.07, 6.45) is 8.31. The Labute approximate surface area is 155 Å². The Balaban J connectivity index is 1.84. The normalized spacial score (nSPS) is 23.1. The number of nitrogens with one attached hydrogen (secondary N) is 1. The summed E-state index contributed by atoms with van der Waals surface area (Å²) in [5.41, 5.74) is -1.07. The van der Waals surface area contributed by atoms with Gasteiger partial charge in [-0.1, -0.05) is 0 Å². The molecule has 2 aromatic rings. The van der Waals surface area contributed by atoms with E-state index in [9.17, 15) is 19.5 Å². The van der Waals surface area contributed by atoms with E-state index in [1.54, 1.807) is 48.9 Å². The molecule has 9 nitrogen and oxygen atoms in total. The van der Waals surface area contributed by atoms with Gasteiger partial charge in [0.15, 0.2) is 0 Å². The van der Waals surface area contributed by atoms with Crippen molar-refractivity contribution < 1.29 is 9.90 Å². The molecule has 0 radical (unpaired) electrons. The molecule has 0 saturated carbocycles. The fraction of sp³-hybridized carbons (Fsp3) is 0.444. The minimum atomic E-state index is -1.18. The Morgan fingerprint density at radius 1 is 1.41 bits per heavy atom. The van der Waals surface area contributed by atoms with Gasteiger partial charge in [0.05, 0.1) is 17.8 Å². The van der Waals surface area contributed by atoms with Gasteiger partial charge in [-0.05, 0) is 26.3 Å². The summed E-state index contributed by atoms with van der Waals surface area (Å²) in [5.74, 6) is -0.214. The Morgan fingerprint density at radius 3 is 2.81 bits per heavy atom. The van der Waals surface area contributed by atoms with Crippen LogP contribution in [0.1, 0.15) is 30.5 Å². The summed E-state index contributed by atoms with van der Waals surface area (Å²) in [6.45, 7) is 3.76. The molecule has 1 aliphatic rings. The molecule has 1 fully saturated rings. The zero-order valence-electron chi connectivity index (χ0n) is 15.5. The lowest BCUT2D eigenvalue weighted by atomic mass is 9.88. The summed E-state index contributed by atoms with van der Waals surface area (Å²) in [4.78, 5) is 40.2. The monoisotopic (exact) mass is 373 g/mol. The number of piperidine rings is 1. The maximum atomic E-state index is 12.6. The predicted molar refractivity (Wildman–Crippen MR) is 99.2 cm³/mol. The highest BCUT2D eigenvalue weighted by atomic mass is 16.3. The third-order valence-electron chi connectivity index (χ3n) is 4.94. The fourth-order valence-electron chi connectivity index (χ4n) is 3.23. The number of likely N-dealkylation sites (tertiary alicyclic amines) is 1. The van der Waals surface area contributed by atoms with Crippen LogP contribution in [0.4, 0.5) is 0 Å². The number of carbonyl (C=O) groups is 1. The highest BCUT2D eigenvalue weighted by molar-refractivity contribution is 5.91. The number of aryl methyl sites for hydroxylation is 2. The minimum Gasteiger partial charge on any atom is -0.388 e. The van der Waals surface area contributed by atoms with Crippen molar-refractivity contribution >= 4 is 12.0 Å². The van der Waals surface area contributed by atoms with Gasteiger partial charge in [-0.3, -0.25) is 23.8 Å². The van der Waals surface area contributed by atoms with Crippen molar-refractivity contribution in [3.05, 3.63) is 56.6 Å². The quantitative estimate of drug-likeness (QED) is 0.725. The van der Waals surface area contributed by atoms with Crippen LogP contribution in [-0.2, 0) is 11.8 Å². The topological polar surface area (TPSA) is 113 Å². The van der Waals surface area contributed by atoms with Gasteiger partial charge in [0.1, 0.15) is 0 Å². The Bertz CT molecular complexity index is 998. The van der Waals surface area contributed by atoms with Crippen molar-refractivity contribution in [3.8, 4) is 0 Å². The first kappa shape index (κ1) is 18.8. The minimum absolute atomic E-state index is 0.161. The Kier molecular flexibility index (Phi) is 4.88. The van der Waals surface area contributed by atoms with Gasteiger partial charge in [-0.15, -0.1) is 0 Å². The standard InChI is InChI=1S/C18H23N5O4/c1-12-9-23(17(26)20-16(12)25)14-11-22(7-6-18(14,2)27)15(24)5-4-13-8-19-21(3)10-13/h4-5,8-10,14,27H,6-7,11H2,1-3H3,(H,20,25,26)/b5-4+/t14-,18-/m1/s1. The lowest BCUT2D eigenvalue weighted by Gasteiger charge is -2.43. The van der Waals surface area contributed by atoms with Gasteiger partial charge in [0.2, 0.25) is 5.91 Å². The first-order valence-corrected chi connectivity index (χ1v) is 8.67. The third kappa shape index (κ3) is 3.92. The van der Waals surface area contributed by atoms with E-state index in [4.69, 9.17) is 0 Å². The van der Waals surface area contributed by atoms with Crippen molar-refractivity contribution in [2.45, 2.75) is 31.9 Å². The van der Waals surface area contributed by atoms with Crippen molar-refractivity contribution in [2.75, 3.05) is 13.1 Å². The Hall–Kier alpha value is -2.94. The van der Waals surface area contributed by atoms with E-state index in [0.29, 0.717) is 18.5 Å². The molecule has 2 N–H and O–H groups in total. The number of rotatable bonds is 3. The number of carbonyl (C=O) groups excluding carboxylic acids is 1. The number of nitrogens with zero attached hydrogens (tertiary/aromatic N) is 4. The molecule has 1 amide bonds. The van der Waals surface area contributed by atoms with Gasteiger partial charge >= 0.3 is 5.69 Å². The van der Waals surface area contributed by atoms with Crippen LogP contribution in [0.25, 0.3) is 6.08 Å². The highest BCUT2D eigenvalue weighted by Gasteiger charge is 2.40. The van der Waals surface area contributed by atoms with Crippen molar-refractivity contribution in [3.63, 3.8) is 0 Å². The van der Waals surface area contributed by atoms with Crippen LogP contribution in [0.15, 0.2) is 34.3 Å². The zero-order chi connectivity index (χ0) is 19.8. The van der Waals surface area contributed by atoms with E-state index in [-0.39, 0.29) is 12.5 Å². The molecule has 1 saturated heterocycles. The van der Waals surface area contributed by atoms with Crippen LogP contribution in [0.5, 0.6) is 0 Å². The highest BCUT2D eigenvalue weighted by Crippen LogP contribution is 2.30. The van der Waals surface area contributed by atoms with E-state index >= 15 is 0 Å². The summed E-state index contributed by atoms with van der Waals surface area (Å²) in [6, 6.07) is -0.662. The molecule has 2 aromatic heterocycles. The maximum absolute atomic E-state index is 12.6. The molecule has 3 heterocycles. The molecule has 0 aliphatic carbocycles. The second-order valence-corrected chi connectivity index (χ2v) is 7.17. The number of amides is 1. The molecule has 9 heteroatoms. The second kappa shape index (κ2) is 6.99. The van der Waals surface area contributed by atoms with Gasteiger partial charge < -0.3 is 10.0 Å². The van der Waals surface area contributed by atoms with Crippen LogP contribution in [0.2, 0.25) is 0 Å². The number of hydrogen-bond acceptors (Lipinski definition) is 5. The van der Waals surface area contributed by atoms with Crippen LogP contribution in [-0.4, -0.2) is 53.9 Å². The fourth-order valence-corrected chi connectivity index (χ4v) is 3.23. The average molecular weight is 373 g/mol. The van der Waals surface area contributed by atoms with Gasteiger partial charge in [-0.25, -0.2) is 4.79 Å². The van der Waals surface area contributed by atoms with E-state index in [0.717, 1.165) is 5.56 Å². The lowest BCUT2D eigenvalue weighted by Crippen LogP contribution is -2.54. The molecule has 0 unspecified atom stereocenters. The smallest absolute Gasteiger partial charge is 0.328 e. The van der Waals surface area contributed by atoms with Crippen LogP contribution in [0.3, 0.4) is 0 Å². The predicted octanol–water partition coefficient (Wildman–Crippen LogP) is -0.184. The summed E-state index contributed by atoms with van der Waals surface area (Å²) in [5, 5.41) is 14.8. The molecule has 2 atom stereocenters. The first-order chi connectivity index (χ1) is 12.7. The third-order valence-corrected chi connectivity index (χ3v) is 4.94. The number of aliphatic hydroxyl groups is 1. The van der Waals surface area contributed by atoms with Crippen molar-refractivity contribution in [1.29, 1.82) is 0 Å². The SMILES string of the molecule is Cc1cn([C@@H]2CN(C(=O)/C=C/c3cnn(C)c3)CC[C@@]2(C)O)c(=O)[nH]c1=O. The summed E-state index contributed by atoms with van der Waals surface area (Å²) in [7, 11) is 1.79. The molecule has 3 rings (SSSR count). The Morgan fingerprint density at radius 2 is 2.15 bits per heavy atom. The van der Waals surface area contributed by atoms with Gasteiger partial charge in [0, 0.05) is 49.7 Å². The van der Waals surface area contributed by atoms with Gasteiger partial charge in [0.25, 0.3) is 5.56 Å². The molecule has 0 aromatic carbocycles. The zero-order valence-corrected chi connectivity index (χ0v) is 15.5. The van der Waals surface area contributed by atoms with E-state index in [1.165, 1.54) is 16.8 Å². The van der Waals surface area contributed by atoms with Gasteiger partial charge in [-0.2, -0.15) is 5.10 Å². The molecule has 1 aliphatic heterocycles. The molecule has 144 valence electrons. The molecular formula is C18H23N5O4. The number of H-pyrrole nitrogens is 1. The number of hydrogen-bond donors (Lipinski definition) is 2. The number of aromatic nitrogens is 4. The van der Waals surface area contributed by atoms with E-state index < -0.39 is 22.9 Å². The van der Waals surface area contributed by atoms with E-state index in [1.807, 2.05) is 0 Å². The molecule has 0 spiro atoms. The van der Waals surface area contributed by atoms with Crippen LogP contribution in [0, 0.1) is 6.92 Å². The van der Waals surface area contributed by atoms with Crippen LogP contribution >= 0.6 is 0 Å². The lowest BCUT2D eigenvalue weighted by molar-refractivity contribution is -0.132. The summed E-state index contributed by atoms with van der Waals surface area (Å²) >= 11 is 0. The van der Waals surface area contributed by atoms with Crippen LogP contribution < -0.4 is 11.2 Å². The summed E-state index contributed by atoms with van der Waals surface area (Å²) < 4.78 is 2.95.